The molecule has 2 nitrogen and oxygen atoms in total. The van der Waals surface area contributed by atoms with Crippen LogP contribution in [-0.4, -0.2) is 16.7 Å². The summed E-state index contributed by atoms with van der Waals surface area (Å²) in [6.07, 6.45) is 2.50. The molecule has 0 saturated heterocycles. The molecular weight excluding hydrogens is 234 g/mol. The second-order valence-corrected chi connectivity index (χ2v) is 4.39. The van der Waals surface area contributed by atoms with Crippen molar-refractivity contribution < 1.29 is 5.11 Å². The fourth-order valence-corrected chi connectivity index (χ4v) is 1.92. The third-order valence-corrected chi connectivity index (χ3v) is 3.00. The maximum atomic E-state index is 9.45. The monoisotopic (exact) mass is 247 g/mol. The van der Waals surface area contributed by atoms with Gasteiger partial charge in [-0.05, 0) is 36.2 Å². The minimum absolute atomic E-state index is 0.0715. The van der Waals surface area contributed by atoms with Gasteiger partial charge in [0, 0.05) is 22.8 Å². The lowest BCUT2D eigenvalue weighted by Crippen LogP contribution is -2.08. The molecule has 1 aromatic carbocycles. The van der Waals surface area contributed by atoms with Crippen molar-refractivity contribution in [2.24, 2.45) is 0 Å². The molecule has 1 aromatic heterocycles. The fourth-order valence-electron chi connectivity index (χ4n) is 1.79. The fraction of sp³-hybridized carbons (Fsp3) is 0.214. The van der Waals surface area contributed by atoms with Crippen LogP contribution in [0.4, 0.5) is 0 Å². The zero-order chi connectivity index (χ0) is 12.1. The highest BCUT2D eigenvalue weighted by molar-refractivity contribution is 6.30. The van der Waals surface area contributed by atoms with Gasteiger partial charge in [0.1, 0.15) is 0 Å². The first kappa shape index (κ1) is 12.1. The van der Waals surface area contributed by atoms with Crippen molar-refractivity contribution in [3.8, 4) is 0 Å². The summed E-state index contributed by atoms with van der Waals surface area (Å²) in [5.41, 5.74) is 2.07. The van der Waals surface area contributed by atoms with Crippen LogP contribution < -0.4 is 0 Å². The van der Waals surface area contributed by atoms with Crippen molar-refractivity contribution in [2.45, 2.75) is 12.3 Å². The van der Waals surface area contributed by atoms with Gasteiger partial charge in [-0.2, -0.15) is 0 Å². The summed E-state index contributed by atoms with van der Waals surface area (Å²) in [7, 11) is 0. The van der Waals surface area contributed by atoms with Gasteiger partial charge in [-0.3, -0.25) is 4.98 Å². The Bertz CT molecular complexity index is 455. The van der Waals surface area contributed by atoms with Gasteiger partial charge in [0.15, 0.2) is 0 Å². The summed E-state index contributed by atoms with van der Waals surface area (Å²) >= 11 is 5.84. The standard InChI is InChI=1S/C14H14ClNO/c15-13-6-4-11(5-7-13)12(10-17)9-14-3-1-2-8-16-14/h1-8,12,17H,9-10H2. The van der Waals surface area contributed by atoms with E-state index in [4.69, 9.17) is 11.6 Å². The number of aliphatic hydroxyl groups is 1. The van der Waals surface area contributed by atoms with E-state index in [0.29, 0.717) is 5.02 Å². The highest BCUT2D eigenvalue weighted by atomic mass is 35.5. The van der Waals surface area contributed by atoms with Crippen molar-refractivity contribution in [2.75, 3.05) is 6.61 Å². The van der Waals surface area contributed by atoms with Crippen molar-refractivity contribution >= 4 is 11.6 Å². The molecule has 1 N–H and O–H groups in total. The van der Waals surface area contributed by atoms with Gasteiger partial charge in [-0.1, -0.05) is 29.8 Å². The van der Waals surface area contributed by atoms with E-state index in [2.05, 4.69) is 4.98 Å². The Kier molecular flexibility index (Phi) is 4.13. The number of hydrogen-bond acceptors (Lipinski definition) is 2. The molecule has 88 valence electrons. The first-order valence-corrected chi connectivity index (χ1v) is 5.93. The topological polar surface area (TPSA) is 33.1 Å². The zero-order valence-electron chi connectivity index (χ0n) is 9.38. The molecule has 0 bridgehead atoms. The Morgan fingerprint density at radius 1 is 1.12 bits per heavy atom. The third kappa shape index (κ3) is 3.29. The minimum Gasteiger partial charge on any atom is -0.396 e. The molecule has 0 fully saturated rings. The normalized spacial score (nSPS) is 12.4. The predicted molar refractivity (Wildman–Crippen MR) is 69.2 cm³/mol. The highest BCUT2D eigenvalue weighted by Gasteiger charge is 2.11. The Balaban J connectivity index is 2.14. The second-order valence-electron chi connectivity index (χ2n) is 3.96. The molecule has 0 radical (unpaired) electrons. The number of aliphatic hydroxyl groups excluding tert-OH is 1. The Labute approximate surface area is 106 Å². The summed E-state index contributed by atoms with van der Waals surface area (Å²) in [5.74, 6) is 0.0715. The molecule has 2 aromatic rings. The highest BCUT2D eigenvalue weighted by Crippen LogP contribution is 2.21. The van der Waals surface area contributed by atoms with Gasteiger partial charge in [0.05, 0.1) is 6.61 Å². The van der Waals surface area contributed by atoms with Crippen molar-refractivity contribution in [3.63, 3.8) is 0 Å². The zero-order valence-corrected chi connectivity index (χ0v) is 10.1. The number of benzene rings is 1. The Hall–Kier alpha value is -1.38. The van der Waals surface area contributed by atoms with Gasteiger partial charge in [-0.25, -0.2) is 0 Å². The SMILES string of the molecule is OCC(Cc1ccccn1)c1ccc(Cl)cc1. The van der Waals surface area contributed by atoms with E-state index in [1.165, 1.54) is 0 Å². The van der Waals surface area contributed by atoms with Gasteiger partial charge in [0.2, 0.25) is 0 Å². The first-order chi connectivity index (χ1) is 8.29. The maximum Gasteiger partial charge on any atom is 0.0503 e. The summed E-state index contributed by atoms with van der Waals surface area (Å²) in [6.45, 7) is 0.109. The van der Waals surface area contributed by atoms with Crippen LogP contribution in [0.5, 0.6) is 0 Å². The molecule has 2 rings (SSSR count). The van der Waals surface area contributed by atoms with Gasteiger partial charge in [0.25, 0.3) is 0 Å². The quantitative estimate of drug-likeness (QED) is 0.901. The summed E-state index contributed by atoms with van der Waals surface area (Å²) in [5, 5.41) is 10.2. The van der Waals surface area contributed by atoms with E-state index in [1.807, 2.05) is 42.5 Å². The van der Waals surface area contributed by atoms with Gasteiger partial charge in [-0.15, -0.1) is 0 Å². The molecule has 1 atom stereocenters. The molecule has 0 saturated carbocycles. The molecule has 1 heterocycles. The smallest absolute Gasteiger partial charge is 0.0503 e. The van der Waals surface area contributed by atoms with Crippen molar-refractivity contribution in [1.29, 1.82) is 0 Å². The van der Waals surface area contributed by atoms with E-state index in [0.717, 1.165) is 17.7 Å². The number of rotatable bonds is 4. The minimum atomic E-state index is 0.0715. The molecule has 0 spiro atoms. The van der Waals surface area contributed by atoms with Crippen LogP contribution in [0.2, 0.25) is 5.02 Å². The lowest BCUT2D eigenvalue weighted by molar-refractivity contribution is 0.264. The number of hydrogen-bond donors (Lipinski definition) is 1. The van der Waals surface area contributed by atoms with E-state index in [9.17, 15) is 5.11 Å². The Morgan fingerprint density at radius 2 is 1.88 bits per heavy atom. The largest absolute Gasteiger partial charge is 0.396 e. The molecule has 0 amide bonds. The third-order valence-electron chi connectivity index (χ3n) is 2.74. The van der Waals surface area contributed by atoms with Crippen LogP contribution in [0.1, 0.15) is 17.2 Å². The number of halogens is 1. The number of aromatic nitrogens is 1. The lowest BCUT2D eigenvalue weighted by Gasteiger charge is -2.14. The van der Waals surface area contributed by atoms with Crippen LogP contribution in [-0.2, 0) is 6.42 Å². The average molecular weight is 248 g/mol. The van der Waals surface area contributed by atoms with Crippen LogP contribution >= 0.6 is 11.6 Å². The second kappa shape index (κ2) is 5.80. The number of pyridine rings is 1. The van der Waals surface area contributed by atoms with Crippen molar-refractivity contribution in [1.82, 2.24) is 4.98 Å². The van der Waals surface area contributed by atoms with Crippen molar-refractivity contribution in [3.05, 3.63) is 64.9 Å². The molecule has 0 aliphatic rings. The summed E-state index contributed by atoms with van der Waals surface area (Å²) in [4.78, 5) is 4.27. The van der Waals surface area contributed by atoms with Gasteiger partial charge >= 0.3 is 0 Å². The van der Waals surface area contributed by atoms with Crippen LogP contribution in [0.25, 0.3) is 0 Å². The molecule has 3 heteroatoms. The molecule has 17 heavy (non-hydrogen) atoms. The molecule has 0 aliphatic heterocycles. The molecular formula is C14H14ClNO. The molecule has 1 unspecified atom stereocenters. The maximum absolute atomic E-state index is 9.45. The lowest BCUT2D eigenvalue weighted by atomic mass is 9.95. The average Bonchev–Trinajstić information content (AvgIpc) is 2.38. The van der Waals surface area contributed by atoms with Crippen LogP contribution in [0.15, 0.2) is 48.7 Å². The summed E-state index contributed by atoms with van der Waals surface area (Å²) < 4.78 is 0. The van der Waals surface area contributed by atoms with Gasteiger partial charge < -0.3 is 5.11 Å². The molecule has 0 aliphatic carbocycles. The van der Waals surface area contributed by atoms with E-state index in [1.54, 1.807) is 6.20 Å². The van der Waals surface area contributed by atoms with E-state index < -0.39 is 0 Å². The number of nitrogens with zero attached hydrogens (tertiary/aromatic N) is 1. The Morgan fingerprint density at radius 3 is 2.47 bits per heavy atom. The predicted octanol–water partition coefficient (Wildman–Crippen LogP) is 3.05. The van der Waals surface area contributed by atoms with Crippen LogP contribution in [0, 0.1) is 0 Å². The summed E-state index contributed by atoms with van der Waals surface area (Å²) in [6, 6.07) is 13.4. The van der Waals surface area contributed by atoms with Crippen LogP contribution in [0.3, 0.4) is 0 Å². The van der Waals surface area contributed by atoms with E-state index >= 15 is 0 Å². The first-order valence-electron chi connectivity index (χ1n) is 5.56. The van der Waals surface area contributed by atoms with E-state index in [-0.39, 0.29) is 12.5 Å².